The van der Waals surface area contributed by atoms with Crippen LogP contribution in [0.15, 0.2) is 18.2 Å². The van der Waals surface area contributed by atoms with E-state index in [4.69, 9.17) is 9.84 Å². The number of anilines is 1. The molecule has 0 bridgehead atoms. The van der Waals surface area contributed by atoms with Crippen molar-refractivity contribution in [2.75, 3.05) is 38.3 Å². The molecule has 1 aromatic carbocycles. The van der Waals surface area contributed by atoms with Crippen molar-refractivity contribution in [1.29, 1.82) is 0 Å². The largest absolute Gasteiger partial charge is 0.395 e. The third-order valence-corrected chi connectivity index (χ3v) is 2.72. The van der Waals surface area contributed by atoms with Crippen molar-refractivity contribution in [3.63, 3.8) is 0 Å². The second-order valence-corrected chi connectivity index (χ2v) is 3.93. The maximum Gasteiger partial charge on any atom is 0.269 e. The van der Waals surface area contributed by atoms with Gasteiger partial charge in [0.2, 0.25) is 0 Å². The van der Waals surface area contributed by atoms with E-state index >= 15 is 0 Å². The molecule has 0 aliphatic carbocycles. The highest BCUT2D eigenvalue weighted by molar-refractivity contribution is 5.57. The summed E-state index contributed by atoms with van der Waals surface area (Å²) >= 11 is 0. The molecule has 0 heterocycles. The Morgan fingerprint density at radius 3 is 2.63 bits per heavy atom. The van der Waals surface area contributed by atoms with Crippen molar-refractivity contribution in [1.82, 2.24) is 0 Å². The van der Waals surface area contributed by atoms with Gasteiger partial charge in [-0.2, -0.15) is 0 Å². The number of ether oxygens (including phenoxy) is 1. The molecule has 7 heteroatoms. The molecular weight excluding hydrogens is 252 g/mol. The zero-order chi connectivity index (χ0) is 14.3. The number of nitro groups is 1. The summed E-state index contributed by atoms with van der Waals surface area (Å²) in [4.78, 5) is 12.0. The lowest BCUT2D eigenvalue weighted by Crippen LogP contribution is -2.31. The summed E-state index contributed by atoms with van der Waals surface area (Å²) in [6.07, 6.45) is 0. The Balaban J connectivity index is 3.03. The quantitative estimate of drug-likeness (QED) is 0.528. The first-order chi connectivity index (χ1) is 9.13. The second kappa shape index (κ2) is 7.67. The number of rotatable bonds is 8. The van der Waals surface area contributed by atoms with E-state index in [0.717, 1.165) is 0 Å². The minimum Gasteiger partial charge on any atom is -0.395 e. The average molecular weight is 270 g/mol. The highest BCUT2D eigenvalue weighted by atomic mass is 16.6. The van der Waals surface area contributed by atoms with Gasteiger partial charge in [0.1, 0.15) is 0 Å². The van der Waals surface area contributed by atoms with Gasteiger partial charge in [0.25, 0.3) is 5.69 Å². The topological polar surface area (TPSA) is 96.1 Å². The molecule has 0 unspecified atom stereocenters. The lowest BCUT2D eigenvalue weighted by atomic mass is 10.1. The molecule has 0 fully saturated rings. The van der Waals surface area contributed by atoms with E-state index in [0.29, 0.717) is 30.9 Å². The minimum absolute atomic E-state index is 0.0500. The highest BCUT2D eigenvalue weighted by Gasteiger charge is 2.14. The number of non-ortho nitro benzene ring substituents is 1. The molecule has 2 N–H and O–H groups in total. The third kappa shape index (κ3) is 4.16. The second-order valence-electron chi connectivity index (χ2n) is 3.93. The molecule has 0 aliphatic rings. The van der Waals surface area contributed by atoms with Crippen LogP contribution in [0.5, 0.6) is 0 Å². The van der Waals surface area contributed by atoms with Crippen LogP contribution in [0.25, 0.3) is 0 Å². The van der Waals surface area contributed by atoms with Crippen LogP contribution in [0.3, 0.4) is 0 Å². The normalized spacial score (nSPS) is 10.5. The maximum absolute atomic E-state index is 10.7. The first-order valence-corrected chi connectivity index (χ1v) is 5.87. The fraction of sp³-hybridized carbons (Fsp3) is 0.500. The maximum atomic E-state index is 10.7. The summed E-state index contributed by atoms with van der Waals surface area (Å²) in [7, 11) is 1.57. The Labute approximate surface area is 111 Å². The van der Waals surface area contributed by atoms with Crippen molar-refractivity contribution in [3.05, 3.63) is 33.9 Å². The van der Waals surface area contributed by atoms with Gasteiger partial charge in [0.15, 0.2) is 0 Å². The predicted molar refractivity (Wildman–Crippen MR) is 70.2 cm³/mol. The molecule has 0 aromatic heterocycles. The van der Waals surface area contributed by atoms with Gasteiger partial charge in [-0.1, -0.05) is 0 Å². The predicted octanol–water partition coefficient (Wildman–Crippen LogP) is 0.532. The summed E-state index contributed by atoms with van der Waals surface area (Å²) in [6, 6.07) is 4.30. The Morgan fingerprint density at radius 1 is 1.37 bits per heavy atom. The van der Waals surface area contributed by atoms with Crippen LogP contribution < -0.4 is 4.90 Å². The summed E-state index contributed by atoms with van der Waals surface area (Å²) in [5.41, 5.74) is 1.06. The lowest BCUT2D eigenvalue weighted by molar-refractivity contribution is -0.384. The van der Waals surface area contributed by atoms with E-state index in [-0.39, 0.29) is 18.9 Å². The molecule has 0 aliphatic heterocycles. The molecule has 7 nitrogen and oxygen atoms in total. The first-order valence-electron chi connectivity index (χ1n) is 5.87. The summed E-state index contributed by atoms with van der Waals surface area (Å²) in [6.45, 7) is 1.01. The van der Waals surface area contributed by atoms with Crippen LogP contribution in [0.1, 0.15) is 5.56 Å². The third-order valence-electron chi connectivity index (χ3n) is 2.72. The Hall–Kier alpha value is -1.70. The van der Waals surface area contributed by atoms with E-state index < -0.39 is 4.92 Å². The number of hydrogen-bond acceptors (Lipinski definition) is 6. The van der Waals surface area contributed by atoms with Gasteiger partial charge < -0.3 is 19.8 Å². The van der Waals surface area contributed by atoms with E-state index in [1.165, 1.54) is 12.1 Å². The van der Waals surface area contributed by atoms with Crippen LogP contribution >= 0.6 is 0 Å². The molecule has 0 amide bonds. The van der Waals surface area contributed by atoms with Crippen LogP contribution in [0.4, 0.5) is 11.4 Å². The number of nitro benzene ring substituents is 1. The van der Waals surface area contributed by atoms with Crippen LogP contribution in [0, 0.1) is 10.1 Å². The number of methoxy groups -OCH3 is 1. The molecule has 1 aromatic rings. The monoisotopic (exact) mass is 270 g/mol. The molecule has 0 saturated carbocycles. The van der Waals surface area contributed by atoms with Gasteiger partial charge in [-0.05, 0) is 6.07 Å². The lowest BCUT2D eigenvalue weighted by Gasteiger charge is -2.25. The van der Waals surface area contributed by atoms with Gasteiger partial charge in [-0.3, -0.25) is 10.1 Å². The van der Waals surface area contributed by atoms with Crippen molar-refractivity contribution in [2.45, 2.75) is 6.61 Å². The minimum atomic E-state index is -0.505. The first kappa shape index (κ1) is 15.4. The molecule has 0 saturated heterocycles. The Morgan fingerprint density at radius 2 is 2.11 bits per heavy atom. The van der Waals surface area contributed by atoms with Gasteiger partial charge in [0.05, 0.1) is 24.7 Å². The van der Waals surface area contributed by atoms with Crippen LogP contribution in [-0.4, -0.2) is 48.5 Å². The SMILES string of the molecule is COCCN(CCO)c1ccc([N+](=O)[O-])cc1CO. The standard InChI is InChI=1S/C12H18N2O5/c1-19-7-5-13(4-6-15)12-3-2-11(14(17)18)8-10(12)9-16/h2-3,8,15-16H,4-7,9H2,1H3. The van der Waals surface area contributed by atoms with Gasteiger partial charge in [0, 0.05) is 43.6 Å². The van der Waals surface area contributed by atoms with Crippen molar-refractivity contribution >= 4 is 11.4 Å². The molecule has 106 valence electrons. The van der Waals surface area contributed by atoms with Crippen molar-refractivity contribution in [3.8, 4) is 0 Å². The fourth-order valence-electron chi connectivity index (χ4n) is 1.80. The van der Waals surface area contributed by atoms with Gasteiger partial charge in [-0.25, -0.2) is 0 Å². The van der Waals surface area contributed by atoms with Gasteiger partial charge >= 0.3 is 0 Å². The highest BCUT2D eigenvalue weighted by Crippen LogP contribution is 2.25. The molecule has 0 atom stereocenters. The fourth-order valence-corrected chi connectivity index (χ4v) is 1.80. The van der Waals surface area contributed by atoms with Gasteiger partial charge in [-0.15, -0.1) is 0 Å². The molecular formula is C12H18N2O5. The zero-order valence-electron chi connectivity index (χ0n) is 10.8. The molecule has 0 radical (unpaired) electrons. The zero-order valence-corrected chi connectivity index (χ0v) is 10.8. The number of aliphatic hydroxyl groups excluding tert-OH is 2. The summed E-state index contributed by atoms with van der Waals surface area (Å²) in [5.74, 6) is 0. The Kier molecular flexibility index (Phi) is 6.20. The van der Waals surface area contributed by atoms with Crippen LogP contribution in [0.2, 0.25) is 0 Å². The van der Waals surface area contributed by atoms with E-state index in [1.807, 2.05) is 4.90 Å². The van der Waals surface area contributed by atoms with Crippen LogP contribution in [-0.2, 0) is 11.3 Å². The van der Waals surface area contributed by atoms with Crippen molar-refractivity contribution in [2.24, 2.45) is 0 Å². The summed E-state index contributed by atoms with van der Waals surface area (Å²) < 4.78 is 4.98. The van der Waals surface area contributed by atoms with E-state index in [9.17, 15) is 15.2 Å². The number of benzene rings is 1. The molecule has 1 rings (SSSR count). The number of aliphatic hydroxyl groups is 2. The smallest absolute Gasteiger partial charge is 0.269 e. The Bertz CT molecular complexity index is 425. The average Bonchev–Trinajstić information content (AvgIpc) is 2.42. The molecule has 0 spiro atoms. The van der Waals surface area contributed by atoms with Crippen molar-refractivity contribution < 1.29 is 19.9 Å². The number of nitrogens with zero attached hydrogens (tertiary/aromatic N) is 2. The van der Waals surface area contributed by atoms with E-state index in [1.54, 1.807) is 13.2 Å². The summed E-state index contributed by atoms with van der Waals surface area (Å²) in [5, 5.41) is 29.1. The number of hydrogen-bond donors (Lipinski definition) is 2. The molecule has 19 heavy (non-hydrogen) atoms. The van der Waals surface area contributed by atoms with E-state index in [2.05, 4.69) is 0 Å².